The molecule has 0 fully saturated rings. The first-order valence-electron chi connectivity index (χ1n) is 6.48. The van der Waals surface area contributed by atoms with E-state index in [-0.39, 0.29) is 0 Å². The number of rotatable bonds is 2. The van der Waals surface area contributed by atoms with Crippen LogP contribution in [0.1, 0.15) is 42.7 Å². The van der Waals surface area contributed by atoms with E-state index >= 15 is 0 Å². The Hall–Kier alpha value is -2.44. The second-order valence-corrected chi connectivity index (χ2v) is 5.77. The summed E-state index contributed by atoms with van der Waals surface area (Å²) in [5.41, 5.74) is -0.00838. The number of carbonyl (C=O) groups excluding carboxylic acids is 2. The molecule has 1 atom stereocenters. The molecule has 0 spiro atoms. The number of nitro groups is 1. The minimum atomic E-state index is -0.932. The van der Waals surface area contributed by atoms with E-state index < -0.39 is 35.1 Å². The van der Waals surface area contributed by atoms with E-state index in [0.29, 0.717) is 11.1 Å². The van der Waals surface area contributed by atoms with Crippen LogP contribution in [0.3, 0.4) is 0 Å². The van der Waals surface area contributed by atoms with Crippen molar-refractivity contribution >= 4 is 12.0 Å². The number of hydrogen-bond donors (Lipinski definition) is 0. The van der Waals surface area contributed by atoms with Gasteiger partial charge in [-0.25, -0.2) is 9.69 Å². The van der Waals surface area contributed by atoms with Gasteiger partial charge in [-0.1, -0.05) is 18.2 Å². The Balaban J connectivity index is 2.38. The average Bonchev–Trinajstić information content (AvgIpc) is 2.61. The third-order valence-electron chi connectivity index (χ3n) is 2.99. The van der Waals surface area contributed by atoms with Crippen molar-refractivity contribution in [1.82, 2.24) is 4.90 Å². The van der Waals surface area contributed by atoms with Crippen LogP contribution in [-0.2, 0) is 4.74 Å². The third-order valence-corrected chi connectivity index (χ3v) is 2.99. The Morgan fingerprint density at radius 3 is 2.57 bits per heavy atom. The molecule has 7 nitrogen and oxygen atoms in total. The highest BCUT2D eigenvalue weighted by Crippen LogP contribution is 2.34. The molecule has 0 N–H and O–H groups in total. The minimum absolute atomic E-state index is 0.301. The van der Waals surface area contributed by atoms with Crippen molar-refractivity contribution < 1.29 is 19.2 Å². The van der Waals surface area contributed by atoms with Crippen LogP contribution in [0.25, 0.3) is 0 Å². The molecule has 0 saturated carbocycles. The van der Waals surface area contributed by atoms with Gasteiger partial charge in [0.1, 0.15) is 11.6 Å². The zero-order chi connectivity index (χ0) is 15.8. The van der Waals surface area contributed by atoms with Gasteiger partial charge in [0.2, 0.25) is 6.54 Å². The van der Waals surface area contributed by atoms with E-state index in [4.69, 9.17) is 4.74 Å². The lowest BCUT2D eigenvalue weighted by molar-refractivity contribution is -0.486. The second kappa shape index (κ2) is 5.16. The largest absolute Gasteiger partial charge is 0.443 e. The number of benzene rings is 1. The molecule has 1 aromatic carbocycles. The first-order chi connectivity index (χ1) is 9.70. The summed E-state index contributed by atoms with van der Waals surface area (Å²) < 4.78 is 5.18. The lowest BCUT2D eigenvalue weighted by atomic mass is 10.1. The molecule has 1 heterocycles. The summed E-state index contributed by atoms with van der Waals surface area (Å²) in [6.45, 7) is 4.46. The maximum absolute atomic E-state index is 12.3. The predicted octanol–water partition coefficient (Wildman–Crippen LogP) is 2.40. The van der Waals surface area contributed by atoms with Crippen LogP contribution in [0.4, 0.5) is 4.79 Å². The lowest BCUT2D eigenvalue weighted by Gasteiger charge is -2.26. The summed E-state index contributed by atoms with van der Waals surface area (Å²) in [7, 11) is 0. The van der Waals surface area contributed by atoms with Crippen molar-refractivity contribution in [1.29, 1.82) is 0 Å². The standard InChI is InChI=1S/C14H16N2O5/c1-14(2,3)21-13(18)16-11(8-15(19)20)9-6-4-5-7-10(9)12(16)17/h4-7,11H,8H2,1-3H3/t11-/m0/s1. The summed E-state index contributed by atoms with van der Waals surface area (Å²) in [6, 6.07) is 5.57. The number of amides is 2. The van der Waals surface area contributed by atoms with Crippen molar-refractivity contribution in [2.75, 3.05) is 6.54 Å². The van der Waals surface area contributed by atoms with Gasteiger partial charge in [-0.05, 0) is 32.4 Å². The molecule has 0 aliphatic carbocycles. The molecule has 21 heavy (non-hydrogen) atoms. The van der Waals surface area contributed by atoms with Gasteiger partial charge in [-0.3, -0.25) is 14.9 Å². The zero-order valence-electron chi connectivity index (χ0n) is 12.0. The highest BCUT2D eigenvalue weighted by Gasteiger charge is 2.44. The van der Waals surface area contributed by atoms with Crippen LogP contribution in [0.5, 0.6) is 0 Å². The summed E-state index contributed by atoms with van der Waals surface area (Å²) in [4.78, 5) is 35.6. The van der Waals surface area contributed by atoms with Gasteiger partial charge in [0.15, 0.2) is 0 Å². The van der Waals surface area contributed by atoms with Crippen molar-refractivity contribution in [3.05, 3.63) is 45.5 Å². The molecule has 2 rings (SSSR count). The molecule has 0 bridgehead atoms. The Kier molecular flexibility index (Phi) is 3.67. The zero-order valence-corrected chi connectivity index (χ0v) is 12.0. The summed E-state index contributed by atoms with van der Waals surface area (Å²) in [6.07, 6.45) is -0.865. The Morgan fingerprint density at radius 1 is 1.38 bits per heavy atom. The third kappa shape index (κ3) is 3.01. The molecular weight excluding hydrogens is 276 g/mol. The number of carbonyl (C=O) groups is 2. The van der Waals surface area contributed by atoms with E-state index in [1.165, 1.54) is 0 Å². The monoisotopic (exact) mass is 292 g/mol. The fourth-order valence-corrected chi connectivity index (χ4v) is 2.24. The Bertz CT molecular complexity index is 606. The van der Waals surface area contributed by atoms with Gasteiger partial charge in [0.25, 0.3) is 5.91 Å². The number of fused-ring (bicyclic) bond motifs is 1. The van der Waals surface area contributed by atoms with E-state index in [1.54, 1.807) is 45.0 Å². The fourth-order valence-electron chi connectivity index (χ4n) is 2.24. The van der Waals surface area contributed by atoms with Crippen molar-refractivity contribution in [2.24, 2.45) is 0 Å². The van der Waals surface area contributed by atoms with Gasteiger partial charge in [0.05, 0.1) is 0 Å². The normalized spacial score (nSPS) is 17.6. The summed E-state index contributed by atoms with van der Waals surface area (Å²) in [5.74, 6) is -0.563. The molecule has 0 unspecified atom stereocenters. The molecule has 1 aromatic rings. The molecule has 2 amide bonds. The van der Waals surface area contributed by atoms with Crippen LogP contribution in [0, 0.1) is 10.1 Å². The van der Waals surface area contributed by atoms with Crippen molar-refractivity contribution in [2.45, 2.75) is 32.4 Å². The smallest absolute Gasteiger partial charge is 0.418 e. The first kappa shape index (κ1) is 15.0. The van der Waals surface area contributed by atoms with Gasteiger partial charge in [-0.2, -0.15) is 0 Å². The van der Waals surface area contributed by atoms with E-state index in [2.05, 4.69) is 0 Å². The van der Waals surface area contributed by atoms with Crippen LogP contribution in [0.15, 0.2) is 24.3 Å². The average molecular weight is 292 g/mol. The minimum Gasteiger partial charge on any atom is -0.443 e. The fraction of sp³-hybridized carbons (Fsp3) is 0.429. The topological polar surface area (TPSA) is 89.8 Å². The summed E-state index contributed by atoms with van der Waals surface area (Å²) in [5, 5.41) is 10.8. The van der Waals surface area contributed by atoms with Crippen LogP contribution in [0.2, 0.25) is 0 Å². The second-order valence-electron chi connectivity index (χ2n) is 5.77. The van der Waals surface area contributed by atoms with E-state index in [9.17, 15) is 19.7 Å². The molecular formula is C14H16N2O5. The maximum atomic E-state index is 12.3. The maximum Gasteiger partial charge on any atom is 0.418 e. The van der Waals surface area contributed by atoms with Gasteiger partial charge in [0, 0.05) is 10.5 Å². The highest BCUT2D eigenvalue weighted by atomic mass is 16.6. The van der Waals surface area contributed by atoms with E-state index in [0.717, 1.165) is 4.90 Å². The first-order valence-corrected chi connectivity index (χ1v) is 6.48. The number of hydrogen-bond acceptors (Lipinski definition) is 5. The number of ether oxygens (including phenoxy) is 1. The molecule has 1 aliphatic heterocycles. The van der Waals surface area contributed by atoms with Crippen LogP contribution >= 0.6 is 0 Å². The van der Waals surface area contributed by atoms with Crippen molar-refractivity contribution in [3.63, 3.8) is 0 Å². The van der Waals surface area contributed by atoms with Gasteiger partial charge in [-0.15, -0.1) is 0 Å². The Morgan fingerprint density at radius 2 is 2.00 bits per heavy atom. The predicted molar refractivity (Wildman–Crippen MR) is 73.4 cm³/mol. The van der Waals surface area contributed by atoms with Crippen LogP contribution < -0.4 is 0 Å². The molecule has 1 aliphatic rings. The SMILES string of the molecule is CC(C)(C)OC(=O)N1C(=O)c2ccccc2[C@@H]1C[N+](=O)[O-]. The quantitative estimate of drug-likeness (QED) is 0.616. The molecule has 0 aromatic heterocycles. The molecule has 7 heteroatoms. The van der Waals surface area contributed by atoms with Crippen LogP contribution in [-0.4, -0.2) is 34.0 Å². The highest BCUT2D eigenvalue weighted by molar-refractivity contribution is 6.07. The van der Waals surface area contributed by atoms with Gasteiger partial charge < -0.3 is 4.74 Å². The van der Waals surface area contributed by atoms with Crippen molar-refractivity contribution in [3.8, 4) is 0 Å². The molecule has 0 radical (unpaired) electrons. The Labute approximate surface area is 121 Å². The molecule has 112 valence electrons. The lowest BCUT2D eigenvalue weighted by Crippen LogP contribution is -2.41. The van der Waals surface area contributed by atoms with E-state index in [1.807, 2.05) is 0 Å². The van der Waals surface area contributed by atoms with Gasteiger partial charge >= 0.3 is 6.09 Å². The summed E-state index contributed by atoms with van der Waals surface area (Å²) >= 11 is 0. The number of imide groups is 1. The molecule has 0 saturated heterocycles. The number of nitrogens with zero attached hydrogens (tertiary/aromatic N) is 2.